The summed E-state index contributed by atoms with van der Waals surface area (Å²) in [6.45, 7) is 3.03. The van der Waals surface area contributed by atoms with Gasteiger partial charge in [-0.2, -0.15) is 0 Å². The molecule has 2 aromatic rings. The Morgan fingerprint density at radius 3 is 2.83 bits per heavy atom. The van der Waals surface area contributed by atoms with Gasteiger partial charge in [0.25, 0.3) is 0 Å². The number of nitrogens with zero attached hydrogens (tertiary/aromatic N) is 3. The molecule has 29 heavy (non-hydrogen) atoms. The summed E-state index contributed by atoms with van der Waals surface area (Å²) in [4.78, 5) is 8.62. The molecule has 5 nitrogen and oxygen atoms in total. The first kappa shape index (κ1) is 21.4. The van der Waals surface area contributed by atoms with Gasteiger partial charge in [0, 0.05) is 55.5 Å². The molecule has 2 aromatic carbocycles. The van der Waals surface area contributed by atoms with Crippen molar-refractivity contribution in [2.45, 2.75) is 25.6 Å². The molecule has 1 heterocycles. The molecular formula is C22H29ClFN5. The average molecular weight is 418 g/mol. The molecular weight excluding hydrogens is 389 g/mol. The van der Waals surface area contributed by atoms with E-state index < -0.39 is 0 Å². The van der Waals surface area contributed by atoms with Crippen LogP contribution in [-0.2, 0) is 13.1 Å². The highest BCUT2D eigenvalue weighted by Gasteiger charge is 2.23. The molecule has 7 heteroatoms. The summed E-state index contributed by atoms with van der Waals surface area (Å²) in [5.74, 6) is 0.582. The fourth-order valence-corrected chi connectivity index (χ4v) is 3.74. The lowest BCUT2D eigenvalue weighted by molar-refractivity contribution is 0.392. The van der Waals surface area contributed by atoms with Crippen LogP contribution in [0.3, 0.4) is 0 Å². The zero-order valence-corrected chi connectivity index (χ0v) is 18.0. The van der Waals surface area contributed by atoms with Crippen LogP contribution in [-0.4, -0.2) is 51.1 Å². The van der Waals surface area contributed by atoms with Crippen LogP contribution in [0.15, 0.2) is 47.5 Å². The largest absolute Gasteiger partial charge is 0.369 e. The first-order valence-electron chi connectivity index (χ1n) is 9.84. The van der Waals surface area contributed by atoms with Crippen molar-refractivity contribution in [2.75, 3.05) is 39.1 Å². The van der Waals surface area contributed by atoms with E-state index in [-0.39, 0.29) is 5.82 Å². The summed E-state index contributed by atoms with van der Waals surface area (Å²) in [6, 6.07) is 13.5. The van der Waals surface area contributed by atoms with Crippen molar-refractivity contribution in [2.24, 2.45) is 4.99 Å². The summed E-state index contributed by atoms with van der Waals surface area (Å²) in [5.41, 5.74) is 2.87. The van der Waals surface area contributed by atoms with Gasteiger partial charge in [-0.15, -0.1) is 0 Å². The number of anilines is 1. The number of rotatable bonds is 6. The van der Waals surface area contributed by atoms with Gasteiger partial charge >= 0.3 is 0 Å². The van der Waals surface area contributed by atoms with E-state index in [1.54, 1.807) is 7.05 Å². The third kappa shape index (κ3) is 6.08. The Hall–Kier alpha value is -2.31. The Morgan fingerprint density at radius 2 is 2.10 bits per heavy atom. The molecule has 1 fully saturated rings. The highest BCUT2D eigenvalue weighted by molar-refractivity contribution is 6.30. The van der Waals surface area contributed by atoms with E-state index in [1.165, 1.54) is 6.07 Å². The van der Waals surface area contributed by atoms with E-state index in [4.69, 9.17) is 11.6 Å². The second-order valence-electron chi connectivity index (χ2n) is 7.65. The van der Waals surface area contributed by atoms with Crippen LogP contribution < -0.4 is 15.5 Å². The van der Waals surface area contributed by atoms with E-state index in [1.807, 2.05) is 49.3 Å². The van der Waals surface area contributed by atoms with Crippen LogP contribution in [0.5, 0.6) is 0 Å². The number of guanidine groups is 1. The molecule has 3 rings (SSSR count). The van der Waals surface area contributed by atoms with Gasteiger partial charge < -0.3 is 20.4 Å². The Morgan fingerprint density at radius 1 is 1.28 bits per heavy atom. The third-order valence-electron chi connectivity index (χ3n) is 4.98. The van der Waals surface area contributed by atoms with Gasteiger partial charge in [0.05, 0.1) is 0 Å². The predicted octanol–water partition coefficient (Wildman–Crippen LogP) is 3.48. The Kier molecular flexibility index (Phi) is 7.34. The fraction of sp³-hybridized carbons (Fsp3) is 0.409. The van der Waals surface area contributed by atoms with Crippen molar-refractivity contribution < 1.29 is 4.39 Å². The summed E-state index contributed by atoms with van der Waals surface area (Å²) < 4.78 is 14.0. The molecule has 1 aliphatic rings. The SMILES string of the molecule is CN=C(NCc1ccc(F)c(CN(C)C)c1)NC1CCN(c2cccc(Cl)c2)C1. The molecule has 0 spiro atoms. The van der Waals surface area contributed by atoms with Crippen LogP contribution in [0.2, 0.25) is 5.02 Å². The number of halogens is 2. The second kappa shape index (κ2) is 9.94. The first-order valence-corrected chi connectivity index (χ1v) is 10.2. The van der Waals surface area contributed by atoms with Crippen molar-refractivity contribution in [3.63, 3.8) is 0 Å². The third-order valence-corrected chi connectivity index (χ3v) is 5.22. The molecule has 1 atom stereocenters. The second-order valence-corrected chi connectivity index (χ2v) is 8.08. The normalized spacial score (nSPS) is 17.1. The topological polar surface area (TPSA) is 42.9 Å². The summed E-state index contributed by atoms with van der Waals surface area (Å²) in [6.07, 6.45) is 1.02. The Labute approximate surface area is 177 Å². The van der Waals surface area contributed by atoms with Gasteiger partial charge in [0.1, 0.15) is 5.82 Å². The van der Waals surface area contributed by atoms with E-state index in [9.17, 15) is 4.39 Å². The smallest absolute Gasteiger partial charge is 0.191 e. The minimum absolute atomic E-state index is 0.169. The zero-order valence-electron chi connectivity index (χ0n) is 17.3. The highest BCUT2D eigenvalue weighted by atomic mass is 35.5. The molecule has 0 aromatic heterocycles. The molecule has 0 bridgehead atoms. The van der Waals surface area contributed by atoms with E-state index in [0.717, 1.165) is 41.7 Å². The molecule has 156 valence electrons. The number of hydrogen-bond donors (Lipinski definition) is 2. The van der Waals surface area contributed by atoms with Crippen LogP contribution in [0, 0.1) is 5.82 Å². The van der Waals surface area contributed by atoms with Gasteiger partial charge in [-0.05, 0) is 56.4 Å². The van der Waals surface area contributed by atoms with Gasteiger partial charge in [0.15, 0.2) is 5.96 Å². The lowest BCUT2D eigenvalue weighted by Crippen LogP contribution is -2.44. The predicted molar refractivity (Wildman–Crippen MR) is 119 cm³/mol. The van der Waals surface area contributed by atoms with Crippen LogP contribution in [0.1, 0.15) is 17.5 Å². The molecule has 0 aliphatic carbocycles. The molecule has 1 saturated heterocycles. The number of nitrogens with one attached hydrogen (secondary N) is 2. The van der Waals surface area contributed by atoms with Crippen molar-refractivity contribution in [1.82, 2.24) is 15.5 Å². The Bertz CT molecular complexity index is 855. The van der Waals surface area contributed by atoms with Crippen LogP contribution in [0.25, 0.3) is 0 Å². The minimum atomic E-state index is -0.169. The van der Waals surface area contributed by atoms with Crippen molar-refractivity contribution in [3.05, 3.63) is 64.4 Å². The zero-order chi connectivity index (χ0) is 20.8. The van der Waals surface area contributed by atoms with Crippen LogP contribution in [0.4, 0.5) is 10.1 Å². The lowest BCUT2D eigenvalue weighted by Gasteiger charge is -2.20. The standard InChI is InChI=1S/C22H29ClFN5/c1-25-22(26-13-16-7-8-21(24)17(11-16)14-28(2)3)27-19-9-10-29(15-19)20-6-4-5-18(23)12-20/h4-8,11-12,19H,9-10,13-15H2,1-3H3,(H2,25,26,27). The average Bonchev–Trinajstić information content (AvgIpc) is 3.15. The van der Waals surface area contributed by atoms with Gasteiger partial charge in [0.2, 0.25) is 0 Å². The van der Waals surface area contributed by atoms with Crippen molar-refractivity contribution in [3.8, 4) is 0 Å². The van der Waals surface area contributed by atoms with Gasteiger partial charge in [-0.1, -0.05) is 23.7 Å². The quantitative estimate of drug-likeness (QED) is 0.557. The van der Waals surface area contributed by atoms with E-state index in [2.05, 4.69) is 26.6 Å². The summed E-state index contributed by atoms with van der Waals surface area (Å²) in [5, 5.41) is 7.58. The maximum atomic E-state index is 14.0. The Balaban J connectivity index is 1.54. The van der Waals surface area contributed by atoms with Gasteiger partial charge in [-0.3, -0.25) is 4.99 Å². The summed E-state index contributed by atoms with van der Waals surface area (Å²) >= 11 is 6.12. The molecule has 2 N–H and O–H groups in total. The number of hydrogen-bond acceptors (Lipinski definition) is 3. The first-order chi connectivity index (χ1) is 13.9. The van der Waals surface area contributed by atoms with E-state index in [0.29, 0.717) is 24.7 Å². The fourth-order valence-electron chi connectivity index (χ4n) is 3.56. The number of benzene rings is 2. The van der Waals surface area contributed by atoms with Gasteiger partial charge in [-0.25, -0.2) is 4.39 Å². The molecule has 0 radical (unpaired) electrons. The van der Waals surface area contributed by atoms with Crippen molar-refractivity contribution >= 4 is 23.2 Å². The van der Waals surface area contributed by atoms with Crippen molar-refractivity contribution in [1.29, 1.82) is 0 Å². The summed E-state index contributed by atoms with van der Waals surface area (Å²) in [7, 11) is 5.63. The molecule has 0 amide bonds. The highest BCUT2D eigenvalue weighted by Crippen LogP contribution is 2.23. The maximum absolute atomic E-state index is 14.0. The lowest BCUT2D eigenvalue weighted by atomic mass is 10.1. The molecule has 0 saturated carbocycles. The molecule has 1 aliphatic heterocycles. The van der Waals surface area contributed by atoms with E-state index >= 15 is 0 Å². The maximum Gasteiger partial charge on any atom is 0.191 e. The monoisotopic (exact) mass is 417 g/mol. The molecule has 1 unspecified atom stereocenters. The number of aliphatic imine (C=N–C) groups is 1. The van der Waals surface area contributed by atoms with Crippen LogP contribution >= 0.6 is 11.6 Å². The minimum Gasteiger partial charge on any atom is -0.369 e.